The number of aromatic amines is 1. The van der Waals surface area contributed by atoms with Gasteiger partial charge < -0.3 is 9.72 Å². The molecule has 1 unspecified atom stereocenters. The van der Waals surface area contributed by atoms with Gasteiger partial charge in [-0.25, -0.2) is 14.2 Å². The van der Waals surface area contributed by atoms with E-state index in [4.69, 9.17) is 4.74 Å². The van der Waals surface area contributed by atoms with Crippen molar-refractivity contribution in [3.05, 3.63) is 12.0 Å². The molecule has 5 nitrogen and oxygen atoms in total. The highest BCUT2D eigenvalue weighted by molar-refractivity contribution is 6.50. The Hall–Kier alpha value is -1.53. The molecule has 109 valence electrons. The lowest BCUT2D eigenvalue weighted by atomic mass is 9.79. The van der Waals surface area contributed by atoms with Gasteiger partial charge in [-0.2, -0.15) is 0 Å². The molecule has 2 atom stereocenters. The molecule has 1 aromatic heterocycles. The van der Waals surface area contributed by atoms with Gasteiger partial charge in [0.2, 0.25) is 0 Å². The first-order chi connectivity index (χ1) is 9.30. The molecule has 2 rings (SSSR count). The first-order valence-electron chi connectivity index (χ1n) is 6.78. The van der Waals surface area contributed by atoms with Gasteiger partial charge in [0.05, 0.1) is 12.6 Å². The number of likely N-dealkylation sites (tertiary alicyclic amines) is 1. The first kappa shape index (κ1) is 14.9. The second-order valence-corrected chi connectivity index (χ2v) is 5.99. The Morgan fingerprint density at radius 3 is 2.85 bits per heavy atom. The average molecular weight is 280 g/mol. The number of carbonyl (C=O) groups excluding carboxylic acids is 1. The molecule has 1 fully saturated rings. The predicted octanol–water partition coefficient (Wildman–Crippen LogP) is 1.81. The Kier molecular flexibility index (Phi) is 4.06. The standard InChI is InChI=1S/C13H20BFN3O2/c1-13(2,3)20-12(19)18-7-8(15)5-9(18)11-16-6-10(14-4)17-11/h6,8-9H,5,7H2,1-4H3,(H,16,17)/t8-,9?/m1/s1. The zero-order valence-electron chi connectivity index (χ0n) is 12.3. The van der Waals surface area contributed by atoms with E-state index in [-0.39, 0.29) is 13.0 Å². The molecular weight excluding hydrogens is 260 g/mol. The summed E-state index contributed by atoms with van der Waals surface area (Å²) in [5.74, 6) is 0.601. The molecule has 1 radical (unpaired) electrons. The molecule has 2 heterocycles. The number of ether oxygens (including phenoxy) is 1. The number of imidazole rings is 1. The maximum Gasteiger partial charge on any atom is 0.411 e. The van der Waals surface area contributed by atoms with E-state index in [0.717, 1.165) is 5.59 Å². The molecule has 20 heavy (non-hydrogen) atoms. The van der Waals surface area contributed by atoms with Gasteiger partial charge in [0.1, 0.15) is 17.6 Å². The molecule has 1 N–H and O–H groups in total. The number of hydrogen-bond acceptors (Lipinski definition) is 3. The fraction of sp³-hybridized carbons (Fsp3) is 0.692. The summed E-state index contributed by atoms with van der Waals surface area (Å²) in [6, 6.07) is -0.395. The van der Waals surface area contributed by atoms with Crippen molar-refractivity contribution in [3.8, 4) is 0 Å². The molecule has 0 spiro atoms. The third-order valence-corrected chi connectivity index (χ3v) is 3.12. The second kappa shape index (κ2) is 5.46. The van der Waals surface area contributed by atoms with E-state index in [1.165, 1.54) is 4.90 Å². The van der Waals surface area contributed by atoms with Crippen molar-refractivity contribution < 1.29 is 13.9 Å². The summed E-state index contributed by atoms with van der Waals surface area (Å²) in [7, 11) is 1.87. The lowest BCUT2D eigenvalue weighted by molar-refractivity contribution is 0.0211. The normalized spacial score (nSPS) is 22.9. The number of hydrogen-bond donors (Lipinski definition) is 1. The number of nitrogens with zero attached hydrogens (tertiary/aromatic N) is 2. The van der Waals surface area contributed by atoms with Gasteiger partial charge in [-0.05, 0) is 26.4 Å². The number of nitrogens with one attached hydrogen (secondary N) is 1. The van der Waals surface area contributed by atoms with Crippen LogP contribution in [0.25, 0.3) is 0 Å². The van der Waals surface area contributed by atoms with Crippen molar-refractivity contribution >= 4 is 19.0 Å². The van der Waals surface area contributed by atoms with Gasteiger partial charge in [-0.3, -0.25) is 4.90 Å². The van der Waals surface area contributed by atoms with Crippen LogP contribution in [0.4, 0.5) is 9.18 Å². The third-order valence-electron chi connectivity index (χ3n) is 3.12. The molecule has 7 heteroatoms. The predicted molar refractivity (Wildman–Crippen MR) is 75.0 cm³/mol. The van der Waals surface area contributed by atoms with E-state index in [1.807, 2.05) is 14.1 Å². The van der Waals surface area contributed by atoms with Gasteiger partial charge in [-0.1, -0.05) is 6.82 Å². The lowest BCUT2D eigenvalue weighted by Gasteiger charge is -2.27. The quantitative estimate of drug-likeness (QED) is 0.840. The number of H-pyrrole nitrogens is 1. The maximum absolute atomic E-state index is 13.7. The van der Waals surface area contributed by atoms with Crippen LogP contribution < -0.4 is 5.59 Å². The van der Waals surface area contributed by atoms with Crippen LogP contribution in [-0.2, 0) is 4.74 Å². The van der Waals surface area contributed by atoms with Gasteiger partial charge in [0, 0.05) is 12.6 Å². The summed E-state index contributed by atoms with van der Waals surface area (Å²) in [5, 5.41) is 0. The molecule has 0 saturated carbocycles. The summed E-state index contributed by atoms with van der Waals surface area (Å²) >= 11 is 0. The highest BCUT2D eigenvalue weighted by Gasteiger charge is 2.39. The van der Waals surface area contributed by atoms with Gasteiger partial charge in [0.15, 0.2) is 7.28 Å². The van der Waals surface area contributed by atoms with Crippen LogP contribution in [0, 0.1) is 0 Å². The Morgan fingerprint density at radius 1 is 1.60 bits per heavy atom. The van der Waals surface area contributed by atoms with Crippen molar-refractivity contribution in [2.75, 3.05) is 6.54 Å². The topological polar surface area (TPSA) is 58.2 Å². The molecule has 1 saturated heterocycles. The van der Waals surface area contributed by atoms with Crippen molar-refractivity contribution in [1.82, 2.24) is 14.9 Å². The van der Waals surface area contributed by atoms with Crippen molar-refractivity contribution in [1.29, 1.82) is 0 Å². The monoisotopic (exact) mass is 280 g/mol. The van der Waals surface area contributed by atoms with Crippen molar-refractivity contribution in [2.24, 2.45) is 0 Å². The minimum absolute atomic E-state index is 0.0471. The third kappa shape index (κ3) is 3.32. The summed E-state index contributed by atoms with van der Waals surface area (Å²) in [6.07, 6.45) is 0.372. The molecular formula is C13H20BFN3O2. The molecule has 1 aromatic rings. The zero-order valence-corrected chi connectivity index (χ0v) is 12.3. The number of amides is 1. The Bertz CT molecular complexity index is 486. The minimum atomic E-state index is -1.05. The highest BCUT2D eigenvalue weighted by atomic mass is 19.1. The summed E-state index contributed by atoms with van der Waals surface area (Å²) < 4.78 is 19.0. The first-order valence-corrected chi connectivity index (χ1v) is 6.78. The van der Waals surface area contributed by atoms with Crippen LogP contribution >= 0.6 is 0 Å². The Balaban J connectivity index is 2.16. The van der Waals surface area contributed by atoms with Crippen LogP contribution in [0.15, 0.2) is 6.20 Å². The average Bonchev–Trinajstić information content (AvgIpc) is 2.92. The molecule has 1 aliphatic heterocycles. The number of rotatable bonds is 2. The Morgan fingerprint density at radius 2 is 2.30 bits per heavy atom. The molecule has 1 amide bonds. The number of alkyl halides is 1. The van der Waals surface area contributed by atoms with E-state index in [1.54, 1.807) is 27.0 Å². The van der Waals surface area contributed by atoms with Crippen LogP contribution in [0.2, 0.25) is 6.82 Å². The van der Waals surface area contributed by atoms with Gasteiger partial charge >= 0.3 is 6.09 Å². The van der Waals surface area contributed by atoms with E-state index in [0.29, 0.717) is 5.82 Å². The molecule has 0 aliphatic carbocycles. The number of carbonyl (C=O) groups is 1. The molecule has 0 bridgehead atoms. The fourth-order valence-corrected chi connectivity index (χ4v) is 2.23. The van der Waals surface area contributed by atoms with Crippen molar-refractivity contribution in [2.45, 2.75) is 51.8 Å². The molecule has 1 aliphatic rings. The minimum Gasteiger partial charge on any atom is -0.444 e. The van der Waals surface area contributed by atoms with Crippen LogP contribution in [0.1, 0.15) is 39.1 Å². The smallest absolute Gasteiger partial charge is 0.411 e. The zero-order chi connectivity index (χ0) is 14.9. The fourth-order valence-electron chi connectivity index (χ4n) is 2.23. The van der Waals surface area contributed by atoms with Gasteiger partial charge in [0.25, 0.3) is 0 Å². The van der Waals surface area contributed by atoms with E-state index >= 15 is 0 Å². The van der Waals surface area contributed by atoms with E-state index in [2.05, 4.69) is 9.97 Å². The van der Waals surface area contributed by atoms with E-state index < -0.39 is 23.9 Å². The highest BCUT2D eigenvalue weighted by Crippen LogP contribution is 2.32. The summed E-state index contributed by atoms with van der Waals surface area (Å²) in [4.78, 5) is 20.9. The SMILES string of the molecule is C[B]c1cnc(C2C[C@@H](F)CN2C(=O)OC(C)(C)C)[nH]1. The second-order valence-electron chi connectivity index (χ2n) is 5.99. The van der Waals surface area contributed by atoms with Crippen LogP contribution in [-0.4, -0.2) is 46.6 Å². The maximum atomic E-state index is 13.7. The molecule has 0 aromatic carbocycles. The van der Waals surface area contributed by atoms with Crippen molar-refractivity contribution in [3.63, 3.8) is 0 Å². The number of aromatic nitrogens is 2. The number of halogens is 1. The summed E-state index contributed by atoms with van der Waals surface area (Å²) in [5.41, 5.74) is 0.258. The van der Waals surface area contributed by atoms with Crippen LogP contribution in [0.3, 0.4) is 0 Å². The largest absolute Gasteiger partial charge is 0.444 e. The van der Waals surface area contributed by atoms with Gasteiger partial charge in [-0.15, -0.1) is 0 Å². The lowest BCUT2D eigenvalue weighted by Crippen LogP contribution is -2.37. The summed E-state index contributed by atoms with van der Waals surface area (Å²) in [6.45, 7) is 7.31. The van der Waals surface area contributed by atoms with Crippen LogP contribution in [0.5, 0.6) is 0 Å². The van der Waals surface area contributed by atoms with E-state index in [9.17, 15) is 9.18 Å². The Labute approximate surface area is 119 Å².